The predicted molar refractivity (Wildman–Crippen MR) is 209 cm³/mol. The van der Waals surface area contributed by atoms with E-state index in [1.165, 1.54) is 0 Å². The Morgan fingerprint density at radius 3 is 1.83 bits per heavy atom. The highest BCUT2D eigenvalue weighted by atomic mass is 16.5. The van der Waals surface area contributed by atoms with Gasteiger partial charge in [0.05, 0.1) is 37.6 Å². The molecule has 0 saturated carbocycles. The average Bonchev–Trinajstić information content (AvgIpc) is 3.79. The molecule has 0 N–H and O–H groups in total. The second kappa shape index (κ2) is 17.1. The first-order valence-corrected chi connectivity index (χ1v) is 18.0. The summed E-state index contributed by atoms with van der Waals surface area (Å²) in [6.45, 7) is 10.1. The van der Waals surface area contributed by atoms with Crippen LogP contribution in [0.15, 0.2) is 121 Å². The number of nitrogens with zero attached hydrogens (tertiary/aromatic N) is 6. The van der Waals surface area contributed by atoms with Gasteiger partial charge in [-0.1, -0.05) is 103 Å². The molecule has 54 heavy (non-hydrogen) atoms. The Morgan fingerprint density at radius 1 is 0.630 bits per heavy atom. The molecular formula is C44H48N6O4. The molecule has 0 bridgehead atoms. The molecule has 2 amide bonds. The van der Waals surface area contributed by atoms with E-state index < -0.39 is 0 Å². The largest absolute Gasteiger partial charge is 0.472 e. The lowest BCUT2D eigenvalue weighted by Crippen LogP contribution is -2.44. The number of benzene rings is 4. The van der Waals surface area contributed by atoms with Gasteiger partial charge in [0.15, 0.2) is 0 Å². The second-order valence-corrected chi connectivity index (χ2v) is 13.6. The van der Waals surface area contributed by atoms with Crippen molar-refractivity contribution in [2.45, 2.75) is 73.6 Å². The monoisotopic (exact) mass is 724 g/mol. The van der Waals surface area contributed by atoms with Crippen LogP contribution in [0.5, 0.6) is 11.8 Å². The van der Waals surface area contributed by atoms with E-state index in [-0.39, 0.29) is 25.3 Å². The third-order valence-corrected chi connectivity index (χ3v) is 9.49. The topological polar surface area (TPSA) is 94.7 Å². The molecule has 0 fully saturated rings. The maximum atomic E-state index is 12.9. The van der Waals surface area contributed by atoms with Crippen LogP contribution in [0.3, 0.4) is 0 Å². The fraction of sp³-hybridized carbons (Fsp3) is 0.273. The minimum absolute atomic E-state index is 0. The van der Waals surface area contributed by atoms with Crippen molar-refractivity contribution in [3.8, 4) is 11.8 Å². The van der Waals surface area contributed by atoms with Gasteiger partial charge in [-0.25, -0.2) is 0 Å². The quantitative estimate of drug-likeness (QED) is 0.159. The standard InChI is InChI=1S/C22H23N3O2.C21H21N3O2.CH4/c1-16-8-10-19(11-9-16)22(26)24-14-20-12-21(23-25(20)13-17(24)2)27-15-18-6-4-3-5-7-18;1-16-6-5-9-18(12-16)21(25)23-10-11-24-19(14-23)13-20(22-24)26-15-17-7-3-2-4-8-17;/h3-12,17H,13-15H2,1-2H3;2-9,12-13H,10-11,14-15H2,1H3;1H4/t17-;;/m1../s1. The number of hydrogen-bond donors (Lipinski definition) is 0. The molecule has 0 unspecified atom stereocenters. The molecule has 6 aromatic rings. The van der Waals surface area contributed by atoms with Gasteiger partial charge < -0.3 is 19.3 Å². The molecule has 10 heteroatoms. The molecule has 2 aliphatic rings. The van der Waals surface area contributed by atoms with Crippen molar-refractivity contribution in [3.63, 3.8) is 0 Å². The number of amides is 2. The summed E-state index contributed by atoms with van der Waals surface area (Å²) < 4.78 is 15.5. The molecule has 0 radical (unpaired) electrons. The zero-order valence-corrected chi connectivity index (χ0v) is 30.4. The third-order valence-electron chi connectivity index (χ3n) is 9.49. The molecule has 4 aromatic carbocycles. The van der Waals surface area contributed by atoms with Crippen molar-refractivity contribution < 1.29 is 19.1 Å². The maximum Gasteiger partial charge on any atom is 0.254 e. The van der Waals surface area contributed by atoms with E-state index in [0.717, 1.165) is 44.8 Å². The highest BCUT2D eigenvalue weighted by Crippen LogP contribution is 2.24. The molecule has 10 nitrogen and oxygen atoms in total. The number of aryl methyl sites for hydroxylation is 2. The minimum Gasteiger partial charge on any atom is -0.472 e. The SMILES string of the molecule is C.Cc1ccc(C(=O)N2Cc3cc(OCc4ccccc4)nn3C[C@H]2C)cc1.Cc1cccc(C(=O)N2CCn3nc(OCc4ccccc4)cc3C2)c1. The van der Waals surface area contributed by atoms with Gasteiger partial charge in [0, 0.05) is 35.8 Å². The van der Waals surface area contributed by atoms with Crippen LogP contribution in [0.25, 0.3) is 0 Å². The lowest BCUT2D eigenvalue weighted by atomic mass is 10.1. The smallest absolute Gasteiger partial charge is 0.254 e. The summed E-state index contributed by atoms with van der Waals surface area (Å²) in [5.74, 6) is 1.33. The summed E-state index contributed by atoms with van der Waals surface area (Å²) in [5, 5.41) is 9.05. The highest BCUT2D eigenvalue weighted by molar-refractivity contribution is 5.95. The van der Waals surface area contributed by atoms with Gasteiger partial charge in [-0.05, 0) is 56.2 Å². The fourth-order valence-electron chi connectivity index (χ4n) is 6.51. The molecule has 2 aromatic heterocycles. The van der Waals surface area contributed by atoms with Gasteiger partial charge in [-0.15, -0.1) is 10.2 Å². The number of ether oxygens (including phenoxy) is 2. The van der Waals surface area contributed by atoms with Gasteiger partial charge in [0.2, 0.25) is 11.8 Å². The molecule has 278 valence electrons. The first kappa shape index (κ1) is 37.6. The Hall–Kier alpha value is -6.16. The average molecular weight is 725 g/mol. The van der Waals surface area contributed by atoms with E-state index in [4.69, 9.17) is 9.47 Å². The van der Waals surface area contributed by atoms with E-state index in [9.17, 15) is 9.59 Å². The zero-order chi connectivity index (χ0) is 36.7. The number of carbonyl (C=O) groups excluding carboxylic acids is 2. The van der Waals surface area contributed by atoms with Gasteiger partial charge in [-0.2, -0.15) is 0 Å². The van der Waals surface area contributed by atoms with Gasteiger partial charge in [0.25, 0.3) is 11.8 Å². The second-order valence-electron chi connectivity index (χ2n) is 13.6. The van der Waals surface area contributed by atoms with Crippen molar-refractivity contribution in [3.05, 3.63) is 166 Å². The van der Waals surface area contributed by atoms with Crippen molar-refractivity contribution in [2.75, 3.05) is 6.54 Å². The molecule has 8 rings (SSSR count). The Labute approximate surface area is 317 Å². The van der Waals surface area contributed by atoms with Crippen LogP contribution >= 0.6 is 0 Å². The van der Waals surface area contributed by atoms with Crippen molar-refractivity contribution in [1.82, 2.24) is 29.4 Å². The van der Waals surface area contributed by atoms with Crippen LogP contribution in [0.2, 0.25) is 0 Å². The number of hydrogen-bond acceptors (Lipinski definition) is 6. The fourth-order valence-corrected chi connectivity index (χ4v) is 6.51. The Balaban J connectivity index is 0.000000181. The van der Waals surface area contributed by atoms with E-state index in [2.05, 4.69) is 17.1 Å². The third kappa shape index (κ3) is 9.06. The maximum absolute atomic E-state index is 12.9. The molecule has 1 atom stereocenters. The molecule has 4 heterocycles. The van der Waals surface area contributed by atoms with Crippen molar-refractivity contribution in [1.29, 1.82) is 0 Å². The Morgan fingerprint density at radius 2 is 1.22 bits per heavy atom. The summed E-state index contributed by atoms with van der Waals surface area (Å²) in [6.07, 6.45) is 0. The summed E-state index contributed by atoms with van der Waals surface area (Å²) >= 11 is 0. The van der Waals surface area contributed by atoms with Gasteiger partial charge in [0.1, 0.15) is 13.2 Å². The van der Waals surface area contributed by atoms with Gasteiger partial charge >= 0.3 is 0 Å². The van der Waals surface area contributed by atoms with Crippen LogP contribution in [0.4, 0.5) is 0 Å². The van der Waals surface area contributed by atoms with Crippen LogP contribution in [0.1, 0.15) is 68.7 Å². The predicted octanol–water partition coefficient (Wildman–Crippen LogP) is 7.88. The minimum atomic E-state index is 0. The van der Waals surface area contributed by atoms with E-state index in [1.807, 2.05) is 154 Å². The van der Waals surface area contributed by atoms with E-state index in [0.29, 0.717) is 57.7 Å². The van der Waals surface area contributed by atoms with Crippen LogP contribution in [0, 0.1) is 13.8 Å². The van der Waals surface area contributed by atoms with Gasteiger partial charge in [-0.3, -0.25) is 19.0 Å². The summed E-state index contributed by atoms with van der Waals surface area (Å²) in [4.78, 5) is 29.4. The van der Waals surface area contributed by atoms with E-state index in [1.54, 1.807) is 0 Å². The first-order chi connectivity index (χ1) is 25.8. The molecular weight excluding hydrogens is 677 g/mol. The van der Waals surface area contributed by atoms with Crippen LogP contribution in [-0.4, -0.2) is 53.8 Å². The number of rotatable bonds is 8. The first-order valence-electron chi connectivity index (χ1n) is 18.0. The van der Waals surface area contributed by atoms with Crippen LogP contribution in [-0.2, 0) is 39.4 Å². The normalized spacial score (nSPS) is 14.5. The summed E-state index contributed by atoms with van der Waals surface area (Å²) in [5.41, 5.74) is 7.91. The molecule has 0 saturated heterocycles. The molecule has 0 aliphatic carbocycles. The number of fused-ring (bicyclic) bond motifs is 2. The lowest BCUT2D eigenvalue weighted by molar-refractivity contribution is 0.0606. The van der Waals surface area contributed by atoms with Crippen molar-refractivity contribution in [2.24, 2.45) is 0 Å². The molecule has 2 aliphatic heterocycles. The lowest BCUT2D eigenvalue weighted by Gasteiger charge is -2.33. The highest BCUT2D eigenvalue weighted by Gasteiger charge is 2.29. The van der Waals surface area contributed by atoms with Crippen LogP contribution < -0.4 is 9.47 Å². The summed E-state index contributed by atoms with van der Waals surface area (Å²) in [6, 6.07) is 39.4. The Kier molecular flexibility index (Phi) is 11.9. The van der Waals surface area contributed by atoms with Crippen molar-refractivity contribution >= 4 is 11.8 Å². The zero-order valence-electron chi connectivity index (χ0n) is 30.4. The van der Waals surface area contributed by atoms with E-state index >= 15 is 0 Å². The Bertz CT molecular complexity index is 2160. The molecule has 0 spiro atoms. The summed E-state index contributed by atoms with van der Waals surface area (Å²) in [7, 11) is 0. The number of aromatic nitrogens is 4. The number of carbonyl (C=O) groups is 2.